The quantitative estimate of drug-likeness (QED) is 0.905. The van der Waals surface area contributed by atoms with Gasteiger partial charge >= 0.3 is 0 Å². The monoisotopic (exact) mass is 269 g/mol. The van der Waals surface area contributed by atoms with Gasteiger partial charge in [-0.3, -0.25) is 4.79 Å². The number of aromatic nitrogens is 2. The van der Waals surface area contributed by atoms with Gasteiger partial charge in [-0.25, -0.2) is 9.97 Å². The summed E-state index contributed by atoms with van der Waals surface area (Å²) in [4.78, 5) is 20.0. The Bertz CT molecular complexity index is 561. The first kappa shape index (κ1) is 14.2. The number of unbranched alkanes of at least 4 members (excludes halogenated alkanes) is 1. The predicted octanol–water partition coefficient (Wildman–Crippen LogP) is 3.38. The van der Waals surface area contributed by atoms with Gasteiger partial charge in [-0.15, -0.1) is 0 Å². The Kier molecular flexibility index (Phi) is 4.82. The Morgan fingerprint density at radius 3 is 2.40 bits per heavy atom. The summed E-state index contributed by atoms with van der Waals surface area (Å²) in [7, 11) is 0. The summed E-state index contributed by atoms with van der Waals surface area (Å²) < 4.78 is 0. The van der Waals surface area contributed by atoms with E-state index in [9.17, 15) is 4.79 Å². The minimum Gasteiger partial charge on any atom is -0.322 e. The van der Waals surface area contributed by atoms with Crippen molar-refractivity contribution in [3.8, 4) is 0 Å². The SMILES string of the molecule is CCCCc1ccc(NC(=O)c2cnc(C)nc2)cc1. The largest absolute Gasteiger partial charge is 0.322 e. The van der Waals surface area contributed by atoms with Crippen LogP contribution in [0.4, 0.5) is 5.69 Å². The van der Waals surface area contributed by atoms with Crippen molar-refractivity contribution in [1.29, 1.82) is 0 Å². The van der Waals surface area contributed by atoms with Gasteiger partial charge in [0.15, 0.2) is 0 Å². The van der Waals surface area contributed by atoms with E-state index in [4.69, 9.17) is 0 Å². The summed E-state index contributed by atoms with van der Waals surface area (Å²) in [5.41, 5.74) is 2.55. The highest BCUT2D eigenvalue weighted by Gasteiger charge is 2.06. The number of rotatable bonds is 5. The molecule has 0 atom stereocenters. The van der Waals surface area contributed by atoms with Gasteiger partial charge in [-0.2, -0.15) is 0 Å². The lowest BCUT2D eigenvalue weighted by Crippen LogP contribution is -2.12. The van der Waals surface area contributed by atoms with Crippen LogP contribution >= 0.6 is 0 Å². The van der Waals surface area contributed by atoms with Crippen molar-refractivity contribution in [2.24, 2.45) is 0 Å². The van der Waals surface area contributed by atoms with E-state index in [2.05, 4.69) is 34.3 Å². The Labute approximate surface area is 119 Å². The van der Waals surface area contributed by atoms with Crippen molar-refractivity contribution in [2.75, 3.05) is 5.32 Å². The lowest BCUT2D eigenvalue weighted by molar-refractivity contribution is 0.102. The molecule has 0 unspecified atom stereocenters. The third kappa shape index (κ3) is 3.88. The number of anilines is 1. The van der Waals surface area contributed by atoms with Gasteiger partial charge in [0.05, 0.1) is 5.56 Å². The molecular formula is C16H19N3O. The molecule has 104 valence electrons. The van der Waals surface area contributed by atoms with E-state index in [1.54, 1.807) is 6.92 Å². The molecule has 0 bridgehead atoms. The van der Waals surface area contributed by atoms with E-state index < -0.39 is 0 Å². The Hall–Kier alpha value is -2.23. The fraction of sp³-hybridized carbons (Fsp3) is 0.312. The summed E-state index contributed by atoms with van der Waals surface area (Å²) in [6.45, 7) is 3.97. The Morgan fingerprint density at radius 1 is 1.15 bits per heavy atom. The van der Waals surface area contributed by atoms with Crippen LogP contribution in [0.2, 0.25) is 0 Å². The maximum absolute atomic E-state index is 12.0. The van der Waals surface area contributed by atoms with E-state index in [1.165, 1.54) is 30.8 Å². The van der Waals surface area contributed by atoms with E-state index in [0.29, 0.717) is 11.4 Å². The molecule has 2 aromatic rings. The van der Waals surface area contributed by atoms with Crippen LogP contribution in [-0.4, -0.2) is 15.9 Å². The third-order valence-electron chi connectivity index (χ3n) is 3.07. The predicted molar refractivity (Wildman–Crippen MR) is 79.8 cm³/mol. The molecule has 20 heavy (non-hydrogen) atoms. The molecule has 0 saturated carbocycles. The molecule has 0 spiro atoms. The Balaban J connectivity index is 1.99. The average molecular weight is 269 g/mol. The van der Waals surface area contributed by atoms with Crippen molar-refractivity contribution in [3.63, 3.8) is 0 Å². The van der Waals surface area contributed by atoms with Crippen LogP contribution in [0.5, 0.6) is 0 Å². The topological polar surface area (TPSA) is 54.9 Å². The lowest BCUT2D eigenvalue weighted by Gasteiger charge is -2.06. The molecule has 0 aliphatic heterocycles. The zero-order valence-electron chi connectivity index (χ0n) is 11.9. The number of nitrogens with zero attached hydrogens (tertiary/aromatic N) is 2. The maximum atomic E-state index is 12.0. The highest BCUT2D eigenvalue weighted by atomic mass is 16.1. The first-order valence-electron chi connectivity index (χ1n) is 6.88. The third-order valence-corrected chi connectivity index (χ3v) is 3.07. The van der Waals surface area contributed by atoms with Crippen LogP contribution in [0.15, 0.2) is 36.7 Å². The summed E-state index contributed by atoms with van der Waals surface area (Å²) in [5.74, 6) is 0.466. The summed E-state index contributed by atoms with van der Waals surface area (Å²) in [6.07, 6.45) is 6.52. The van der Waals surface area contributed by atoms with Crippen LogP contribution in [0.25, 0.3) is 0 Å². The summed E-state index contributed by atoms with van der Waals surface area (Å²) in [5, 5.41) is 2.84. The molecule has 1 heterocycles. The van der Waals surface area contributed by atoms with Gasteiger partial charge < -0.3 is 5.32 Å². The highest BCUT2D eigenvalue weighted by molar-refractivity contribution is 6.03. The summed E-state index contributed by atoms with van der Waals surface area (Å²) >= 11 is 0. The van der Waals surface area contributed by atoms with Crippen molar-refractivity contribution in [2.45, 2.75) is 33.1 Å². The van der Waals surface area contributed by atoms with Gasteiger partial charge in [-0.1, -0.05) is 25.5 Å². The number of nitrogens with one attached hydrogen (secondary N) is 1. The van der Waals surface area contributed by atoms with Gasteiger partial charge in [0, 0.05) is 18.1 Å². The second kappa shape index (κ2) is 6.80. The molecule has 1 aromatic heterocycles. The molecule has 0 aliphatic rings. The van der Waals surface area contributed by atoms with E-state index in [0.717, 1.165) is 12.1 Å². The smallest absolute Gasteiger partial charge is 0.258 e. The molecule has 0 saturated heterocycles. The minimum atomic E-state index is -0.189. The molecule has 4 nitrogen and oxygen atoms in total. The molecule has 1 aromatic carbocycles. The van der Waals surface area contributed by atoms with E-state index >= 15 is 0 Å². The lowest BCUT2D eigenvalue weighted by atomic mass is 10.1. The molecule has 0 aliphatic carbocycles. The standard InChI is InChI=1S/C16H19N3O/c1-3-4-5-13-6-8-15(9-7-13)19-16(20)14-10-17-12(2)18-11-14/h6-11H,3-5H2,1-2H3,(H,19,20). The van der Waals surface area contributed by atoms with Gasteiger partial charge in [0.25, 0.3) is 5.91 Å². The fourth-order valence-corrected chi connectivity index (χ4v) is 1.85. The van der Waals surface area contributed by atoms with E-state index in [-0.39, 0.29) is 5.91 Å². The van der Waals surface area contributed by atoms with Crippen LogP contribution < -0.4 is 5.32 Å². The van der Waals surface area contributed by atoms with Gasteiger partial charge in [0.2, 0.25) is 0 Å². The molecule has 4 heteroatoms. The molecule has 0 radical (unpaired) electrons. The fourth-order valence-electron chi connectivity index (χ4n) is 1.85. The van der Waals surface area contributed by atoms with Crippen LogP contribution in [0.3, 0.4) is 0 Å². The highest BCUT2D eigenvalue weighted by Crippen LogP contribution is 2.12. The van der Waals surface area contributed by atoms with Crippen molar-refractivity contribution in [3.05, 3.63) is 53.6 Å². The number of carbonyl (C=O) groups is 1. The van der Waals surface area contributed by atoms with Crippen LogP contribution in [-0.2, 0) is 6.42 Å². The number of benzene rings is 1. The van der Waals surface area contributed by atoms with E-state index in [1.807, 2.05) is 12.1 Å². The number of hydrogen-bond donors (Lipinski definition) is 1. The second-order valence-corrected chi connectivity index (χ2v) is 4.77. The number of hydrogen-bond acceptors (Lipinski definition) is 3. The number of aryl methyl sites for hydroxylation is 2. The van der Waals surface area contributed by atoms with Gasteiger partial charge in [0.1, 0.15) is 5.82 Å². The molecular weight excluding hydrogens is 250 g/mol. The molecule has 1 N–H and O–H groups in total. The van der Waals surface area contributed by atoms with Crippen molar-refractivity contribution >= 4 is 11.6 Å². The Morgan fingerprint density at radius 2 is 1.80 bits per heavy atom. The van der Waals surface area contributed by atoms with Crippen LogP contribution in [0.1, 0.15) is 41.5 Å². The van der Waals surface area contributed by atoms with Crippen LogP contribution in [0, 0.1) is 6.92 Å². The zero-order chi connectivity index (χ0) is 14.4. The molecule has 1 amide bonds. The molecule has 0 fully saturated rings. The normalized spacial score (nSPS) is 10.3. The van der Waals surface area contributed by atoms with Crippen molar-refractivity contribution in [1.82, 2.24) is 9.97 Å². The second-order valence-electron chi connectivity index (χ2n) is 4.77. The first-order chi connectivity index (χ1) is 9.69. The van der Waals surface area contributed by atoms with Crippen molar-refractivity contribution < 1.29 is 4.79 Å². The minimum absolute atomic E-state index is 0.189. The first-order valence-corrected chi connectivity index (χ1v) is 6.88. The summed E-state index contributed by atoms with van der Waals surface area (Å²) in [6, 6.07) is 7.96. The number of carbonyl (C=O) groups excluding carboxylic acids is 1. The number of amides is 1. The molecule has 2 rings (SSSR count). The maximum Gasteiger partial charge on any atom is 0.258 e. The average Bonchev–Trinajstić information content (AvgIpc) is 2.47. The zero-order valence-corrected chi connectivity index (χ0v) is 11.9. The van der Waals surface area contributed by atoms with Gasteiger partial charge in [-0.05, 0) is 37.5 Å².